The molecule has 0 aromatic heterocycles. The van der Waals surface area contributed by atoms with Gasteiger partial charge in [0, 0.05) is 25.2 Å². The number of likely N-dealkylation sites (N-methyl/N-ethyl adjacent to an activating group) is 1. The number of amides is 1. The van der Waals surface area contributed by atoms with Gasteiger partial charge in [-0.15, -0.1) is 0 Å². The molecule has 4 nitrogen and oxygen atoms in total. The average molecular weight is 344 g/mol. The number of piperidine rings is 1. The van der Waals surface area contributed by atoms with Crippen LogP contribution < -0.4 is 10.1 Å². The number of hydrogen-bond donors (Lipinski definition) is 1. The van der Waals surface area contributed by atoms with Gasteiger partial charge in [0.05, 0.1) is 0 Å². The molecule has 0 aliphatic carbocycles. The molecule has 2 saturated heterocycles. The number of nitrogens with one attached hydrogen (secondary N) is 1. The molecule has 1 N–H and O–H groups in total. The van der Waals surface area contributed by atoms with Crippen molar-refractivity contribution in [2.24, 2.45) is 0 Å². The Kier molecular flexibility index (Phi) is 5.10. The maximum atomic E-state index is 12.8. The Morgan fingerprint density at radius 2 is 1.72 bits per heavy atom. The summed E-state index contributed by atoms with van der Waals surface area (Å²) in [7, 11) is 1.93. The number of fused-ring (bicyclic) bond motifs is 2. The van der Waals surface area contributed by atoms with Gasteiger partial charge in [-0.25, -0.2) is 0 Å². The second-order valence-electron chi connectivity index (χ2n) is 8.75. The predicted molar refractivity (Wildman–Crippen MR) is 101 cm³/mol. The van der Waals surface area contributed by atoms with Crippen LogP contribution in [0.1, 0.15) is 58.9 Å². The molecular formula is C21H32N2O2. The minimum Gasteiger partial charge on any atom is -0.481 e. The number of carbonyl (C=O) groups excluding carboxylic acids is 1. The SMILES string of the molecule is CC(Oc1ccc(C(C)(C)C)cc1)C(=O)N(C)C1CC2CCC(C1)N2. The number of carbonyl (C=O) groups is 1. The molecule has 1 aromatic carbocycles. The largest absolute Gasteiger partial charge is 0.481 e. The summed E-state index contributed by atoms with van der Waals surface area (Å²) in [5, 5.41) is 3.63. The van der Waals surface area contributed by atoms with Crippen LogP contribution in [0, 0.1) is 0 Å². The molecule has 3 atom stereocenters. The van der Waals surface area contributed by atoms with Crippen molar-refractivity contribution in [2.75, 3.05) is 7.05 Å². The molecule has 0 saturated carbocycles. The lowest BCUT2D eigenvalue weighted by Crippen LogP contribution is -2.51. The van der Waals surface area contributed by atoms with Gasteiger partial charge >= 0.3 is 0 Å². The topological polar surface area (TPSA) is 41.6 Å². The average Bonchev–Trinajstić information content (AvgIpc) is 2.91. The molecule has 4 heteroatoms. The Labute approximate surface area is 151 Å². The van der Waals surface area contributed by atoms with Crippen molar-refractivity contribution in [3.8, 4) is 5.75 Å². The van der Waals surface area contributed by atoms with Gasteiger partial charge < -0.3 is 15.0 Å². The van der Waals surface area contributed by atoms with E-state index in [9.17, 15) is 4.79 Å². The monoisotopic (exact) mass is 344 g/mol. The summed E-state index contributed by atoms with van der Waals surface area (Å²) < 4.78 is 5.92. The molecule has 3 rings (SSSR count). The number of benzene rings is 1. The van der Waals surface area contributed by atoms with Crippen molar-refractivity contribution >= 4 is 5.91 Å². The minimum absolute atomic E-state index is 0.0752. The highest BCUT2D eigenvalue weighted by atomic mass is 16.5. The van der Waals surface area contributed by atoms with Gasteiger partial charge in [-0.05, 0) is 55.7 Å². The van der Waals surface area contributed by atoms with Crippen LogP contribution in [0.4, 0.5) is 0 Å². The maximum Gasteiger partial charge on any atom is 0.263 e. The third kappa shape index (κ3) is 4.17. The highest BCUT2D eigenvalue weighted by Gasteiger charge is 2.37. The second-order valence-corrected chi connectivity index (χ2v) is 8.75. The van der Waals surface area contributed by atoms with E-state index in [1.54, 1.807) is 0 Å². The zero-order valence-corrected chi connectivity index (χ0v) is 16.2. The van der Waals surface area contributed by atoms with E-state index < -0.39 is 6.10 Å². The van der Waals surface area contributed by atoms with Gasteiger partial charge in [0.25, 0.3) is 5.91 Å². The number of hydrogen-bond acceptors (Lipinski definition) is 3. The Hall–Kier alpha value is -1.55. The Morgan fingerprint density at radius 1 is 1.16 bits per heavy atom. The summed E-state index contributed by atoms with van der Waals surface area (Å²) in [4.78, 5) is 14.7. The van der Waals surface area contributed by atoms with Crippen LogP contribution >= 0.6 is 0 Å². The van der Waals surface area contributed by atoms with Gasteiger partial charge in [-0.2, -0.15) is 0 Å². The summed E-state index contributed by atoms with van der Waals surface area (Å²) in [6, 6.07) is 9.60. The molecule has 1 amide bonds. The zero-order valence-electron chi connectivity index (χ0n) is 16.2. The lowest BCUT2D eigenvalue weighted by Gasteiger charge is -2.36. The van der Waals surface area contributed by atoms with E-state index in [1.807, 2.05) is 31.0 Å². The van der Waals surface area contributed by atoms with Crippen LogP contribution in [0.25, 0.3) is 0 Å². The van der Waals surface area contributed by atoms with Crippen molar-refractivity contribution in [3.63, 3.8) is 0 Å². The molecule has 0 spiro atoms. The smallest absolute Gasteiger partial charge is 0.263 e. The third-order valence-electron chi connectivity index (χ3n) is 5.72. The van der Waals surface area contributed by atoms with Crippen molar-refractivity contribution < 1.29 is 9.53 Å². The number of rotatable bonds is 4. The van der Waals surface area contributed by atoms with Gasteiger partial charge in [0.15, 0.2) is 6.10 Å². The molecule has 2 bridgehead atoms. The van der Waals surface area contributed by atoms with E-state index in [4.69, 9.17) is 4.74 Å². The van der Waals surface area contributed by atoms with Crippen molar-refractivity contribution in [2.45, 2.75) is 83.0 Å². The first-order chi connectivity index (χ1) is 11.7. The normalized spacial score (nSPS) is 27.0. The van der Waals surface area contributed by atoms with Gasteiger partial charge in [-0.1, -0.05) is 32.9 Å². The standard InChI is InChI=1S/C21H32N2O2/c1-14(25-19-10-6-15(7-11-19)21(2,3)4)20(24)23(5)18-12-16-8-9-17(13-18)22-16/h6-7,10-11,14,16-18,22H,8-9,12-13H2,1-5H3. The van der Waals surface area contributed by atoms with Crippen molar-refractivity contribution in [1.82, 2.24) is 10.2 Å². The van der Waals surface area contributed by atoms with Crippen molar-refractivity contribution in [3.05, 3.63) is 29.8 Å². The fourth-order valence-corrected chi connectivity index (χ4v) is 4.10. The third-order valence-corrected chi connectivity index (χ3v) is 5.72. The molecule has 2 aliphatic rings. The van der Waals surface area contributed by atoms with Gasteiger partial charge in [-0.3, -0.25) is 4.79 Å². The summed E-state index contributed by atoms with van der Waals surface area (Å²) in [6.45, 7) is 8.43. The molecule has 2 heterocycles. The van der Waals surface area contributed by atoms with E-state index in [0.717, 1.165) is 18.6 Å². The van der Waals surface area contributed by atoms with Crippen LogP contribution in [0.2, 0.25) is 0 Å². The molecule has 138 valence electrons. The van der Waals surface area contributed by atoms with E-state index in [0.29, 0.717) is 18.1 Å². The van der Waals surface area contributed by atoms with Crippen LogP contribution in [-0.2, 0) is 10.2 Å². The predicted octanol–water partition coefficient (Wildman–Crippen LogP) is 3.49. The second kappa shape index (κ2) is 6.99. The van der Waals surface area contributed by atoms with E-state index in [1.165, 1.54) is 18.4 Å². The summed E-state index contributed by atoms with van der Waals surface area (Å²) in [5.74, 6) is 0.832. The first kappa shape index (κ1) is 18.2. The number of ether oxygens (including phenoxy) is 1. The zero-order chi connectivity index (χ0) is 18.2. The first-order valence-corrected chi connectivity index (χ1v) is 9.54. The summed E-state index contributed by atoms with van der Waals surface area (Å²) in [6.07, 6.45) is 4.15. The van der Waals surface area contributed by atoms with E-state index >= 15 is 0 Å². The summed E-state index contributed by atoms with van der Waals surface area (Å²) in [5.41, 5.74) is 1.38. The molecule has 2 fully saturated rings. The molecule has 25 heavy (non-hydrogen) atoms. The van der Waals surface area contributed by atoms with Crippen LogP contribution in [0.3, 0.4) is 0 Å². The van der Waals surface area contributed by atoms with Crippen LogP contribution in [-0.4, -0.2) is 42.1 Å². The lowest BCUT2D eigenvalue weighted by atomic mass is 9.87. The quantitative estimate of drug-likeness (QED) is 0.909. The van der Waals surface area contributed by atoms with E-state index in [2.05, 4.69) is 38.2 Å². The van der Waals surface area contributed by atoms with E-state index in [-0.39, 0.29) is 11.3 Å². The molecule has 3 unspecified atom stereocenters. The molecule has 0 radical (unpaired) electrons. The highest BCUT2D eigenvalue weighted by Crippen LogP contribution is 2.30. The van der Waals surface area contributed by atoms with Crippen molar-refractivity contribution in [1.29, 1.82) is 0 Å². The molecule has 2 aliphatic heterocycles. The molecular weight excluding hydrogens is 312 g/mol. The Balaban J connectivity index is 1.58. The number of nitrogens with zero attached hydrogens (tertiary/aromatic N) is 1. The van der Waals surface area contributed by atoms with Crippen LogP contribution in [0.5, 0.6) is 5.75 Å². The highest BCUT2D eigenvalue weighted by molar-refractivity contribution is 5.81. The van der Waals surface area contributed by atoms with Gasteiger partial charge in [0.1, 0.15) is 5.75 Å². The first-order valence-electron chi connectivity index (χ1n) is 9.54. The molecule has 1 aromatic rings. The Bertz CT molecular complexity index is 593. The maximum absolute atomic E-state index is 12.8. The van der Waals surface area contributed by atoms with Gasteiger partial charge in [0.2, 0.25) is 0 Å². The lowest BCUT2D eigenvalue weighted by molar-refractivity contribution is -0.139. The fourth-order valence-electron chi connectivity index (χ4n) is 4.10. The van der Waals surface area contributed by atoms with Crippen LogP contribution in [0.15, 0.2) is 24.3 Å². The Morgan fingerprint density at radius 3 is 2.24 bits per heavy atom. The minimum atomic E-state index is -0.460. The summed E-state index contributed by atoms with van der Waals surface area (Å²) >= 11 is 0. The fraction of sp³-hybridized carbons (Fsp3) is 0.667.